The van der Waals surface area contributed by atoms with Crippen molar-refractivity contribution in [1.29, 1.82) is 0 Å². The number of aryl methyl sites for hydroxylation is 2. The minimum Gasteiger partial charge on any atom is -0.383 e. The summed E-state index contributed by atoms with van der Waals surface area (Å²) >= 11 is 6.04. The van der Waals surface area contributed by atoms with E-state index in [9.17, 15) is 4.39 Å². The number of halogens is 2. The first-order chi connectivity index (χ1) is 8.06. The smallest absolute Gasteiger partial charge is 0.132 e. The summed E-state index contributed by atoms with van der Waals surface area (Å²) < 4.78 is 15.4. The monoisotopic (exact) mass is 253 g/mol. The van der Waals surface area contributed by atoms with Gasteiger partial charge in [-0.1, -0.05) is 24.6 Å². The zero-order chi connectivity index (χ0) is 12.6. The predicted octanol–water partition coefficient (Wildman–Crippen LogP) is 3.02. The van der Waals surface area contributed by atoms with Crippen LogP contribution in [0.1, 0.15) is 12.6 Å². The molecule has 2 N–H and O–H groups in total. The van der Waals surface area contributed by atoms with E-state index in [0.717, 1.165) is 5.69 Å². The van der Waals surface area contributed by atoms with E-state index < -0.39 is 0 Å². The first-order valence-electron chi connectivity index (χ1n) is 5.32. The highest BCUT2D eigenvalue weighted by Crippen LogP contribution is 2.36. The fourth-order valence-electron chi connectivity index (χ4n) is 1.85. The van der Waals surface area contributed by atoms with Crippen LogP contribution >= 0.6 is 11.6 Å². The second-order valence-electron chi connectivity index (χ2n) is 3.78. The third-order valence-electron chi connectivity index (χ3n) is 2.71. The number of nitrogens with zero attached hydrogens (tertiary/aromatic N) is 2. The Hall–Kier alpha value is -1.55. The lowest BCUT2D eigenvalue weighted by Crippen LogP contribution is -1.98. The maximum atomic E-state index is 13.9. The molecule has 1 heterocycles. The maximum absolute atomic E-state index is 13.9. The molecule has 90 valence electrons. The van der Waals surface area contributed by atoms with Crippen molar-refractivity contribution in [3.63, 3.8) is 0 Å². The largest absolute Gasteiger partial charge is 0.383 e. The van der Waals surface area contributed by atoms with Gasteiger partial charge in [-0.3, -0.25) is 4.68 Å². The first-order valence-corrected chi connectivity index (χ1v) is 5.69. The van der Waals surface area contributed by atoms with Crippen molar-refractivity contribution in [2.24, 2.45) is 7.05 Å². The van der Waals surface area contributed by atoms with Crippen molar-refractivity contribution >= 4 is 17.4 Å². The highest BCUT2D eigenvalue weighted by molar-refractivity contribution is 6.33. The van der Waals surface area contributed by atoms with Crippen LogP contribution in [-0.4, -0.2) is 9.78 Å². The maximum Gasteiger partial charge on any atom is 0.132 e. The van der Waals surface area contributed by atoms with Gasteiger partial charge in [-0.2, -0.15) is 5.10 Å². The van der Waals surface area contributed by atoms with Gasteiger partial charge in [0.05, 0.1) is 16.3 Å². The summed E-state index contributed by atoms with van der Waals surface area (Å²) in [4.78, 5) is 0. The molecule has 0 aliphatic carbocycles. The zero-order valence-electron chi connectivity index (χ0n) is 9.67. The molecule has 0 saturated heterocycles. The molecule has 1 aromatic carbocycles. The molecule has 0 amide bonds. The predicted molar refractivity (Wildman–Crippen MR) is 67.4 cm³/mol. The van der Waals surface area contributed by atoms with Crippen molar-refractivity contribution in [2.75, 3.05) is 5.73 Å². The van der Waals surface area contributed by atoms with Crippen molar-refractivity contribution < 1.29 is 4.39 Å². The topological polar surface area (TPSA) is 43.8 Å². The molecule has 5 heteroatoms. The van der Waals surface area contributed by atoms with Gasteiger partial charge in [0.25, 0.3) is 0 Å². The number of nitrogens with two attached hydrogens (primary N) is 1. The molecule has 2 aromatic rings. The number of anilines is 1. The Morgan fingerprint density at radius 3 is 2.71 bits per heavy atom. The number of hydrogen-bond acceptors (Lipinski definition) is 2. The molecular formula is C12H13ClFN3. The van der Waals surface area contributed by atoms with Crippen LogP contribution in [-0.2, 0) is 13.5 Å². The van der Waals surface area contributed by atoms with Gasteiger partial charge in [-0.25, -0.2) is 4.39 Å². The van der Waals surface area contributed by atoms with Crippen LogP contribution in [0.2, 0.25) is 5.02 Å². The molecule has 0 fully saturated rings. The van der Waals surface area contributed by atoms with Crippen LogP contribution < -0.4 is 5.73 Å². The van der Waals surface area contributed by atoms with Gasteiger partial charge < -0.3 is 5.73 Å². The molecule has 0 bridgehead atoms. The summed E-state index contributed by atoms with van der Waals surface area (Å²) in [6, 6.07) is 4.58. The molecule has 0 unspecified atom stereocenters. The number of hydrogen-bond donors (Lipinski definition) is 1. The number of rotatable bonds is 2. The summed E-state index contributed by atoms with van der Waals surface area (Å²) in [6.07, 6.45) is 0.672. The Bertz CT molecular complexity index is 543. The lowest BCUT2D eigenvalue weighted by atomic mass is 10.0. The lowest BCUT2D eigenvalue weighted by molar-refractivity contribution is 0.631. The van der Waals surface area contributed by atoms with Crippen molar-refractivity contribution in [1.82, 2.24) is 9.78 Å². The molecule has 17 heavy (non-hydrogen) atoms. The second kappa shape index (κ2) is 4.37. The van der Waals surface area contributed by atoms with Crippen molar-refractivity contribution in [3.05, 3.63) is 34.7 Å². The minimum atomic E-state index is -0.382. The third kappa shape index (κ3) is 1.89. The van der Waals surface area contributed by atoms with E-state index in [2.05, 4.69) is 5.10 Å². The molecule has 0 spiro atoms. The molecule has 1 aromatic heterocycles. The van der Waals surface area contributed by atoms with Crippen LogP contribution in [0.15, 0.2) is 18.2 Å². The standard InChI is InChI=1S/C12H13ClFN3/c1-3-9-11(12(15)17(2)16-9)10-7(13)5-4-6-8(10)14/h4-6H,3,15H2,1-2H3. The van der Waals surface area contributed by atoms with E-state index in [1.807, 2.05) is 6.92 Å². The summed E-state index contributed by atoms with van der Waals surface area (Å²) in [5.41, 5.74) is 7.60. The van der Waals surface area contributed by atoms with Gasteiger partial charge in [0.15, 0.2) is 0 Å². The van der Waals surface area contributed by atoms with Gasteiger partial charge in [-0.05, 0) is 18.6 Å². The van der Waals surface area contributed by atoms with E-state index in [-0.39, 0.29) is 5.82 Å². The van der Waals surface area contributed by atoms with E-state index >= 15 is 0 Å². The Kier molecular flexibility index (Phi) is 3.07. The second-order valence-corrected chi connectivity index (χ2v) is 4.19. The average molecular weight is 254 g/mol. The fourth-order valence-corrected chi connectivity index (χ4v) is 2.11. The van der Waals surface area contributed by atoms with Crippen LogP contribution in [0.3, 0.4) is 0 Å². The summed E-state index contributed by atoms with van der Waals surface area (Å²) in [5.74, 6) is 0.0424. The van der Waals surface area contributed by atoms with Gasteiger partial charge in [0, 0.05) is 12.6 Å². The van der Waals surface area contributed by atoms with Crippen LogP contribution in [0.25, 0.3) is 11.1 Å². The van der Waals surface area contributed by atoms with Gasteiger partial charge in [0.1, 0.15) is 11.6 Å². The SMILES string of the molecule is CCc1nn(C)c(N)c1-c1c(F)cccc1Cl. The lowest BCUT2D eigenvalue weighted by Gasteiger charge is -2.06. The highest BCUT2D eigenvalue weighted by Gasteiger charge is 2.19. The molecule has 3 nitrogen and oxygen atoms in total. The molecule has 0 aliphatic rings. The van der Waals surface area contributed by atoms with E-state index in [1.54, 1.807) is 19.2 Å². The summed E-state index contributed by atoms with van der Waals surface area (Å²) in [7, 11) is 1.73. The molecule has 0 radical (unpaired) electrons. The average Bonchev–Trinajstić information content (AvgIpc) is 2.56. The molecular weight excluding hydrogens is 241 g/mol. The first kappa shape index (κ1) is 11.9. The van der Waals surface area contributed by atoms with Gasteiger partial charge in [-0.15, -0.1) is 0 Å². The zero-order valence-corrected chi connectivity index (χ0v) is 10.4. The summed E-state index contributed by atoms with van der Waals surface area (Å²) in [5, 5.41) is 4.60. The van der Waals surface area contributed by atoms with Crippen LogP contribution in [0.5, 0.6) is 0 Å². The number of benzene rings is 1. The fraction of sp³-hybridized carbons (Fsp3) is 0.250. The molecule has 0 saturated carbocycles. The molecule has 0 aliphatic heterocycles. The van der Waals surface area contributed by atoms with Crippen LogP contribution in [0.4, 0.5) is 10.2 Å². The minimum absolute atomic E-state index is 0.330. The Morgan fingerprint density at radius 2 is 2.12 bits per heavy atom. The Morgan fingerprint density at radius 1 is 1.41 bits per heavy atom. The number of nitrogen functional groups attached to an aromatic ring is 1. The van der Waals surface area contributed by atoms with Gasteiger partial charge in [0.2, 0.25) is 0 Å². The highest BCUT2D eigenvalue weighted by atomic mass is 35.5. The Balaban J connectivity index is 2.76. The molecule has 0 atom stereocenters. The van der Waals surface area contributed by atoms with Crippen molar-refractivity contribution in [3.8, 4) is 11.1 Å². The van der Waals surface area contributed by atoms with Crippen LogP contribution in [0, 0.1) is 5.82 Å². The van der Waals surface area contributed by atoms with E-state index in [1.165, 1.54) is 10.7 Å². The molecule has 2 rings (SSSR count). The third-order valence-corrected chi connectivity index (χ3v) is 3.03. The van der Waals surface area contributed by atoms with Crippen molar-refractivity contribution in [2.45, 2.75) is 13.3 Å². The number of aromatic nitrogens is 2. The van der Waals surface area contributed by atoms with E-state index in [4.69, 9.17) is 17.3 Å². The van der Waals surface area contributed by atoms with E-state index in [0.29, 0.717) is 28.4 Å². The summed E-state index contributed by atoms with van der Waals surface area (Å²) in [6.45, 7) is 1.94. The van der Waals surface area contributed by atoms with Gasteiger partial charge >= 0.3 is 0 Å². The quantitative estimate of drug-likeness (QED) is 0.894. The Labute approximate surface area is 104 Å². The normalized spacial score (nSPS) is 10.8.